The van der Waals surface area contributed by atoms with Crippen LogP contribution in [0.1, 0.15) is 0 Å². The van der Waals surface area contributed by atoms with Crippen molar-refractivity contribution >= 4 is 174 Å². The number of furan rings is 2. The van der Waals surface area contributed by atoms with Gasteiger partial charge >= 0.3 is 0 Å². The first-order valence-corrected chi connectivity index (χ1v) is 29.5. The Morgan fingerprint density at radius 2 is 0.791 bits per heavy atom. The molecule has 394 valence electrons. The van der Waals surface area contributed by atoms with Gasteiger partial charge in [-0.05, 0) is 152 Å². The van der Waals surface area contributed by atoms with Gasteiger partial charge in [0.25, 0.3) is 0 Å². The fourth-order valence-corrected chi connectivity index (χ4v) is 15.5. The first-order valence-electron chi connectivity index (χ1n) is 29.5. The molecule has 0 fully saturated rings. The van der Waals surface area contributed by atoms with Crippen molar-refractivity contribution in [3.63, 3.8) is 0 Å². The summed E-state index contributed by atoms with van der Waals surface area (Å²) in [5, 5.41) is 23.6. The molecule has 0 aliphatic heterocycles. The van der Waals surface area contributed by atoms with E-state index >= 15 is 0 Å². The summed E-state index contributed by atoms with van der Waals surface area (Å²) in [7, 11) is 0. The van der Waals surface area contributed by atoms with Gasteiger partial charge in [-0.2, -0.15) is 0 Å². The van der Waals surface area contributed by atoms with Gasteiger partial charge in [-0.3, -0.25) is 8.80 Å². The molecule has 0 aliphatic carbocycles. The van der Waals surface area contributed by atoms with Gasteiger partial charge in [-0.1, -0.05) is 206 Å². The molecule has 6 aromatic heterocycles. The molecule has 6 heteroatoms. The molecule has 6 nitrogen and oxygen atoms in total. The summed E-state index contributed by atoms with van der Waals surface area (Å²) in [5.74, 6) is 0. The van der Waals surface area contributed by atoms with Crippen molar-refractivity contribution in [2.45, 2.75) is 0 Å². The number of imidazole rings is 2. The minimum atomic E-state index is 0.788. The minimum absolute atomic E-state index is 0.788. The highest BCUT2D eigenvalue weighted by Gasteiger charge is 2.27. The number of hydrogen-bond acceptors (Lipinski definition) is 4. The summed E-state index contributed by atoms with van der Waals surface area (Å²) in [6.45, 7) is 0. The van der Waals surface area contributed by atoms with Crippen molar-refractivity contribution in [1.29, 1.82) is 0 Å². The van der Waals surface area contributed by atoms with Gasteiger partial charge in [0.15, 0.2) is 11.2 Å². The van der Waals surface area contributed by atoms with Gasteiger partial charge < -0.3 is 8.83 Å². The van der Waals surface area contributed by atoms with Crippen LogP contribution in [-0.4, -0.2) is 18.8 Å². The monoisotopic (exact) mass is 1090 g/mol. The van der Waals surface area contributed by atoms with Gasteiger partial charge in [0.2, 0.25) is 0 Å². The van der Waals surface area contributed by atoms with Crippen molar-refractivity contribution < 1.29 is 8.83 Å². The average Bonchev–Trinajstić information content (AvgIpc) is 1.86. The fourth-order valence-electron chi connectivity index (χ4n) is 15.5. The van der Waals surface area contributed by atoms with Crippen LogP contribution in [0.5, 0.6) is 0 Å². The second kappa shape index (κ2) is 16.1. The highest BCUT2D eigenvalue weighted by Crippen LogP contribution is 2.50. The number of pyridine rings is 2. The highest BCUT2D eigenvalue weighted by atomic mass is 16.3. The van der Waals surface area contributed by atoms with E-state index in [1.807, 2.05) is 0 Å². The van der Waals surface area contributed by atoms with Crippen LogP contribution < -0.4 is 0 Å². The Hall–Kier alpha value is -11.6. The van der Waals surface area contributed by atoms with Gasteiger partial charge in [-0.25, -0.2) is 9.97 Å². The van der Waals surface area contributed by atoms with Crippen LogP contribution in [-0.2, 0) is 0 Å². The third kappa shape index (κ3) is 5.70. The first-order chi connectivity index (χ1) is 42.7. The average molecular weight is 1090 g/mol. The Morgan fingerprint density at radius 1 is 0.267 bits per heavy atom. The standard InChI is InChI=1S/C80H42N4O2/c1-2-19-49-47(17-1)48-18-3-5-21-52(48)73-53-22-6-4-20-50(53)60(40-63(49)73)46-35-38-69-64(39-46)75-77(85-69)57-24-8-10-26-59(57)80-82-74-55(27-14-30-68(74)84(75)80)62-42-70-65(41-61(62)51-36-33-45-32-31-43-15-13-16-44-34-37-54(51)72(45)71(43)44)76-78(86-70)56-23-7-9-25-58(56)79-81-66-28-11-12-29-67(66)83(76)79/h1-42H. The van der Waals surface area contributed by atoms with E-state index in [1.165, 1.54) is 81.0 Å². The zero-order valence-electron chi connectivity index (χ0n) is 45.9. The summed E-state index contributed by atoms with van der Waals surface area (Å²) < 4.78 is 19.1. The van der Waals surface area contributed by atoms with E-state index in [0.717, 1.165) is 127 Å². The van der Waals surface area contributed by atoms with E-state index in [1.54, 1.807) is 0 Å². The molecule has 0 radical (unpaired) electrons. The van der Waals surface area contributed by atoms with E-state index in [-0.39, 0.29) is 0 Å². The molecule has 0 aliphatic rings. The number of para-hydroxylation sites is 3. The molecular weight excluding hydrogens is 1050 g/mol. The molecule has 0 spiro atoms. The SMILES string of the molecule is c1cc2ccc3ccc(-c4cc5c(cc4-c4cccc6c4nc4c7ccccc7c7oc8ccc(-c9cc%10c%11ccccc%11c%11ccccc%11c%10c%10ccccc9%10)cc8c7n64)oc4c6ccccc6c6nc7ccccc7n6c54)c4ccc(c1)c2c34. The zero-order valence-corrected chi connectivity index (χ0v) is 45.9. The van der Waals surface area contributed by atoms with Crippen molar-refractivity contribution in [3.05, 3.63) is 255 Å². The Labute approximate surface area is 487 Å². The molecule has 0 atom stereocenters. The van der Waals surface area contributed by atoms with E-state index in [0.29, 0.717) is 0 Å². The molecule has 0 N–H and O–H groups in total. The van der Waals surface area contributed by atoms with Crippen LogP contribution in [0.3, 0.4) is 0 Å². The Balaban J connectivity index is 0.872. The van der Waals surface area contributed by atoms with Crippen LogP contribution in [0.25, 0.3) is 208 Å². The Kier molecular flexibility index (Phi) is 8.44. The number of hydrogen-bond donors (Lipinski definition) is 0. The van der Waals surface area contributed by atoms with Crippen molar-refractivity contribution in [2.24, 2.45) is 0 Å². The maximum absolute atomic E-state index is 7.30. The van der Waals surface area contributed by atoms with Crippen LogP contribution in [0.15, 0.2) is 264 Å². The van der Waals surface area contributed by atoms with Gasteiger partial charge in [-0.15, -0.1) is 0 Å². The molecule has 0 saturated carbocycles. The lowest BCUT2D eigenvalue weighted by Crippen LogP contribution is -1.92. The lowest BCUT2D eigenvalue weighted by Gasteiger charge is -2.17. The van der Waals surface area contributed by atoms with Crippen LogP contribution in [0.4, 0.5) is 0 Å². The summed E-state index contributed by atoms with van der Waals surface area (Å²) in [4.78, 5) is 11.1. The lowest BCUT2D eigenvalue weighted by molar-refractivity contribution is 0.671. The third-order valence-electron chi connectivity index (χ3n) is 19.2. The van der Waals surface area contributed by atoms with E-state index < -0.39 is 0 Å². The lowest BCUT2D eigenvalue weighted by atomic mass is 9.86. The molecule has 21 rings (SSSR count). The van der Waals surface area contributed by atoms with Crippen LogP contribution in [0.2, 0.25) is 0 Å². The molecule has 0 unspecified atom stereocenters. The molecule has 0 amide bonds. The van der Waals surface area contributed by atoms with E-state index in [9.17, 15) is 0 Å². The summed E-state index contributed by atoms with van der Waals surface area (Å²) in [5.41, 5.74) is 17.4. The summed E-state index contributed by atoms with van der Waals surface area (Å²) >= 11 is 0. The predicted molar refractivity (Wildman–Crippen MR) is 359 cm³/mol. The molecule has 0 saturated heterocycles. The quantitative estimate of drug-likeness (QED) is 0.165. The highest BCUT2D eigenvalue weighted by molar-refractivity contribution is 6.34. The topological polar surface area (TPSA) is 60.9 Å². The number of nitrogens with zero attached hydrogens (tertiary/aromatic N) is 4. The van der Waals surface area contributed by atoms with Crippen molar-refractivity contribution in [1.82, 2.24) is 18.8 Å². The van der Waals surface area contributed by atoms with Gasteiger partial charge in [0.05, 0.1) is 22.1 Å². The smallest absolute Gasteiger partial charge is 0.160 e. The number of benzene rings is 15. The molecule has 15 aromatic carbocycles. The number of aromatic nitrogens is 4. The van der Waals surface area contributed by atoms with Gasteiger partial charge in [0, 0.05) is 37.9 Å². The second-order valence-corrected chi connectivity index (χ2v) is 23.4. The second-order valence-electron chi connectivity index (χ2n) is 23.4. The predicted octanol–water partition coefficient (Wildman–Crippen LogP) is 21.9. The number of rotatable bonds is 3. The molecule has 86 heavy (non-hydrogen) atoms. The van der Waals surface area contributed by atoms with Crippen molar-refractivity contribution in [3.8, 4) is 33.4 Å². The normalized spacial score (nSPS) is 12.7. The minimum Gasteiger partial charge on any atom is -0.454 e. The maximum atomic E-state index is 7.30. The fraction of sp³-hybridized carbons (Fsp3) is 0. The van der Waals surface area contributed by atoms with Gasteiger partial charge in [0.1, 0.15) is 33.5 Å². The first kappa shape index (κ1) is 45.0. The Morgan fingerprint density at radius 3 is 1.55 bits per heavy atom. The molecule has 21 aromatic rings. The van der Waals surface area contributed by atoms with E-state index in [4.69, 9.17) is 18.8 Å². The molecular formula is C80H42N4O2. The summed E-state index contributed by atoms with van der Waals surface area (Å²) in [6, 6.07) is 93.1. The molecule has 0 bridgehead atoms. The summed E-state index contributed by atoms with van der Waals surface area (Å²) in [6.07, 6.45) is 0. The number of fused-ring (bicyclic) bond motifs is 28. The van der Waals surface area contributed by atoms with Crippen LogP contribution >= 0.6 is 0 Å². The molecule has 6 heterocycles. The zero-order chi connectivity index (χ0) is 55.6. The third-order valence-corrected chi connectivity index (χ3v) is 19.2. The Bertz CT molecular complexity index is 6640. The van der Waals surface area contributed by atoms with Crippen molar-refractivity contribution in [2.75, 3.05) is 0 Å². The maximum Gasteiger partial charge on any atom is 0.160 e. The van der Waals surface area contributed by atoms with E-state index in [2.05, 4.69) is 264 Å². The largest absolute Gasteiger partial charge is 0.454 e. The van der Waals surface area contributed by atoms with Crippen LogP contribution in [0, 0.1) is 0 Å².